The Bertz CT molecular complexity index is 259. The van der Waals surface area contributed by atoms with Crippen LogP contribution in [0.2, 0.25) is 0 Å². The third-order valence-electron chi connectivity index (χ3n) is 0.984. The van der Waals surface area contributed by atoms with Crippen molar-refractivity contribution in [3.63, 3.8) is 0 Å². The van der Waals surface area contributed by atoms with Crippen molar-refractivity contribution in [1.82, 2.24) is 9.97 Å². The lowest BCUT2D eigenvalue weighted by Crippen LogP contribution is -2.11. The maximum Gasteiger partial charge on any atom is 0.402 e. The number of nitrogens with zero attached hydrogens (tertiary/aromatic N) is 2. The van der Waals surface area contributed by atoms with E-state index in [-0.39, 0.29) is 0 Å². The standard InChI is InChI=1S/C7H11N3.CH3NO2/c1-6(2)10-7-8-4-3-5-9-7;2-1(3)4/h3-6H,1-2H3,(H,8,9,10);2H2,(H,3,4). The van der Waals surface area contributed by atoms with E-state index in [1.165, 1.54) is 0 Å². The average molecular weight is 198 g/mol. The van der Waals surface area contributed by atoms with Gasteiger partial charge in [-0.3, -0.25) is 0 Å². The Morgan fingerprint density at radius 3 is 2.29 bits per heavy atom. The highest BCUT2D eigenvalue weighted by Gasteiger charge is 1.93. The number of anilines is 1. The van der Waals surface area contributed by atoms with Gasteiger partial charge in [0.1, 0.15) is 0 Å². The van der Waals surface area contributed by atoms with E-state index in [0.29, 0.717) is 12.0 Å². The lowest BCUT2D eigenvalue weighted by Gasteiger charge is -2.05. The zero-order chi connectivity index (χ0) is 11.0. The molecule has 6 nitrogen and oxygen atoms in total. The van der Waals surface area contributed by atoms with Crippen molar-refractivity contribution in [2.45, 2.75) is 19.9 Å². The molecule has 0 saturated heterocycles. The van der Waals surface area contributed by atoms with Crippen molar-refractivity contribution in [2.75, 3.05) is 5.32 Å². The number of nitrogens with two attached hydrogens (primary N) is 1. The van der Waals surface area contributed by atoms with Crippen molar-refractivity contribution < 1.29 is 9.90 Å². The molecule has 1 heterocycles. The first kappa shape index (κ1) is 12.2. The van der Waals surface area contributed by atoms with E-state index in [9.17, 15) is 0 Å². The maximum absolute atomic E-state index is 8.78. The fourth-order valence-electron chi connectivity index (χ4n) is 0.632. The SMILES string of the molecule is CC(C)Nc1ncccn1.NC(=O)O. The van der Waals surface area contributed by atoms with Gasteiger partial charge in [0, 0.05) is 18.4 Å². The lowest BCUT2D eigenvalue weighted by molar-refractivity contribution is 0.205. The molecular formula is C8H14N4O2. The Morgan fingerprint density at radius 1 is 1.50 bits per heavy atom. The highest BCUT2D eigenvalue weighted by molar-refractivity contribution is 5.61. The van der Waals surface area contributed by atoms with Gasteiger partial charge in [-0.1, -0.05) is 0 Å². The van der Waals surface area contributed by atoms with Gasteiger partial charge in [-0.05, 0) is 19.9 Å². The molecule has 0 atom stereocenters. The van der Waals surface area contributed by atoms with Crippen molar-refractivity contribution >= 4 is 12.0 Å². The van der Waals surface area contributed by atoms with Crippen LogP contribution in [0.1, 0.15) is 13.8 Å². The molecule has 4 N–H and O–H groups in total. The van der Waals surface area contributed by atoms with Gasteiger partial charge in [0.05, 0.1) is 0 Å². The zero-order valence-corrected chi connectivity index (χ0v) is 8.14. The molecule has 1 rings (SSSR count). The predicted molar refractivity (Wildman–Crippen MR) is 53.0 cm³/mol. The van der Waals surface area contributed by atoms with Crippen LogP contribution in [0.3, 0.4) is 0 Å². The topological polar surface area (TPSA) is 101 Å². The first-order valence-electron chi connectivity index (χ1n) is 4.04. The van der Waals surface area contributed by atoms with Gasteiger partial charge in [-0.25, -0.2) is 14.8 Å². The molecule has 0 aromatic carbocycles. The van der Waals surface area contributed by atoms with Gasteiger partial charge < -0.3 is 16.2 Å². The van der Waals surface area contributed by atoms with Crippen LogP contribution in [-0.2, 0) is 0 Å². The molecular weight excluding hydrogens is 184 g/mol. The fourth-order valence-corrected chi connectivity index (χ4v) is 0.632. The highest BCUT2D eigenvalue weighted by Crippen LogP contribution is 1.95. The number of hydrogen-bond donors (Lipinski definition) is 3. The van der Waals surface area contributed by atoms with Crippen LogP contribution in [0.15, 0.2) is 18.5 Å². The molecule has 6 heteroatoms. The van der Waals surface area contributed by atoms with Gasteiger partial charge in [-0.2, -0.15) is 0 Å². The van der Waals surface area contributed by atoms with E-state index in [4.69, 9.17) is 9.90 Å². The minimum absolute atomic E-state index is 0.391. The molecule has 0 aliphatic rings. The summed E-state index contributed by atoms with van der Waals surface area (Å²) in [6.45, 7) is 4.10. The Hall–Kier alpha value is -1.85. The number of carboxylic acid groups (broad SMARTS) is 1. The Labute approximate surface area is 82.2 Å². The molecule has 0 spiro atoms. The third kappa shape index (κ3) is 8.25. The molecule has 78 valence electrons. The van der Waals surface area contributed by atoms with Gasteiger partial charge >= 0.3 is 6.09 Å². The molecule has 1 aromatic heterocycles. The smallest absolute Gasteiger partial charge is 0.402 e. The van der Waals surface area contributed by atoms with Crippen molar-refractivity contribution in [1.29, 1.82) is 0 Å². The molecule has 0 radical (unpaired) electrons. The summed E-state index contributed by atoms with van der Waals surface area (Å²) in [6.07, 6.45) is 2.11. The van der Waals surface area contributed by atoms with Gasteiger partial charge in [0.25, 0.3) is 0 Å². The summed E-state index contributed by atoms with van der Waals surface area (Å²) in [5.41, 5.74) is 4.03. The summed E-state index contributed by atoms with van der Waals surface area (Å²) in [4.78, 5) is 16.8. The van der Waals surface area contributed by atoms with Crippen LogP contribution in [0.5, 0.6) is 0 Å². The second-order valence-electron chi connectivity index (χ2n) is 2.71. The normalized spacial score (nSPS) is 8.79. The van der Waals surface area contributed by atoms with Crippen LogP contribution in [0.4, 0.5) is 10.7 Å². The second kappa shape index (κ2) is 6.64. The predicted octanol–water partition coefficient (Wildman–Crippen LogP) is 0.920. The molecule has 0 bridgehead atoms. The Kier molecular flexibility index (Phi) is 5.77. The summed E-state index contributed by atoms with van der Waals surface area (Å²) < 4.78 is 0. The molecule has 0 aliphatic carbocycles. The zero-order valence-electron chi connectivity index (χ0n) is 8.14. The minimum atomic E-state index is -1.33. The quantitative estimate of drug-likeness (QED) is 0.655. The lowest BCUT2D eigenvalue weighted by atomic mass is 10.4. The summed E-state index contributed by atoms with van der Waals surface area (Å²) in [7, 11) is 0. The van der Waals surface area contributed by atoms with E-state index in [1.54, 1.807) is 18.5 Å². The number of rotatable bonds is 2. The summed E-state index contributed by atoms with van der Waals surface area (Å²) in [6, 6.07) is 2.19. The maximum atomic E-state index is 8.78. The van der Waals surface area contributed by atoms with Crippen LogP contribution in [0.25, 0.3) is 0 Å². The number of aromatic nitrogens is 2. The van der Waals surface area contributed by atoms with Crippen molar-refractivity contribution in [2.24, 2.45) is 5.73 Å². The number of primary amides is 1. The van der Waals surface area contributed by atoms with Crippen LogP contribution >= 0.6 is 0 Å². The second-order valence-corrected chi connectivity index (χ2v) is 2.71. The van der Waals surface area contributed by atoms with Crippen LogP contribution in [-0.4, -0.2) is 27.2 Å². The largest absolute Gasteiger partial charge is 0.465 e. The Morgan fingerprint density at radius 2 is 1.93 bits per heavy atom. The molecule has 0 saturated carbocycles. The minimum Gasteiger partial charge on any atom is -0.465 e. The summed E-state index contributed by atoms with van der Waals surface area (Å²) >= 11 is 0. The Balaban J connectivity index is 0.000000364. The van der Waals surface area contributed by atoms with Gasteiger partial charge in [0.2, 0.25) is 5.95 Å². The van der Waals surface area contributed by atoms with Gasteiger partial charge in [0.15, 0.2) is 0 Å². The fraction of sp³-hybridized carbons (Fsp3) is 0.375. The van der Waals surface area contributed by atoms with Crippen molar-refractivity contribution in [3.05, 3.63) is 18.5 Å². The van der Waals surface area contributed by atoms with E-state index in [0.717, 1.165) is 0 Å². The number of nitrogens with one attached hydrogen (secondary N) is 1. The molecule has 0 unspecified atom stereocenters. The number of amides is 1. The van der Waals surface area contributed by atoms with Crippen LogP contribution in [0, 0.1) is 0 Å². The van der Waals surface area contributed by atoms with E-state index in [2.05, 4.69) is 34.9 Å². The van der Waals surface area contributed by atoms with Gasteiger partial charge in [-0.15, -0.1) is 0 Å². The van der Waals surface area contributed by atoms with E-state index < -0.39 is 6.09 Å². The number of carbonyl (C=O) groups is 1. The monoisotopic (exact) mass is 198 g/mol. The average Bonchev–Trinajstić information content (AvgIpc) is 2.03. The van der Waals surface area contributed by atoms with Crippen molar-refractivity contribution in [3.8, 4) is 0 Å². The van der Waals surface area contributed by atoms with E-state index in [1.807, 2.05) is 0 Å². The molecule has 0 fully saturated rings. The molecule has 0 aliphatic heterocycles. The first-order valence-corrected chi connectivity index (χ1v) is 4.04. The van der Waals surface area contributed by atoms with Crippen LogP contribution < -0.4 is 11.1 Å². The van der Waals surface area contributed by atoms with E-state index >= 15 is 0 Å². The first-order chi connectivity index (χ1) is 6.52. The molecule has 14 heavy (non-hydrogen) atoms. The molecule has 1 amide bonds. The third-order valence-corrected chi connectivity index (χ3v) is 0.984. The summed E-state index contributed by atoms with van der Waals surface area (Å²) in [5.74, 6) is 0.692. The highest BCUT2D eigenvalue weighted by atomic mass is 16.4. The molecule has 1 aromatic rings. The number of hydrogen-bond acceptors (Lipinski definition) is 4. The summed E-state index contributed by atoms with van der Waals surface area (Å²) in [5, 5.41) is 10.3.